The SMILES string of the molecule is CC(=O)N[C@H]1[C@H](O[C@H]2CC[C@]3(C)[C@H]4CC=C5[C@@H]6CC(C)(C)[C@@H]7C[C@]6(C(=O)O7)[C@H](O)C[C@@]5(C)[C@]4(C)CC[C@H]3C2(C)C)O[C@H](CO[C@H]2OC[C@H](O)[C@H](O)[C@H]2O[C@@H]2OC[C@@H](O)[C@H](O)[C@H]2O)[C@@H](O)[C@@H]1O. The molecule has 5 aliphatic carbocycles. The average molecular weight is 938 g/mol. The largest absolute Gasteiger partial charge is 0.461 e. The van der Waals surface area contributed by atoms with Gasteiger partial charge in [-0.25, -0.2) is 0 Å². The zero-order valence-corrected chi connectivity index (χ0v) is 39.6. The lowest BCUT2D eigenvalue weighted by molar-refractivity contribution is -0.352. The van der Waals surface area contributed by atoms with Crippen molar-refractivity contribution in [3.8, 4) is 0 Å². The van der Waals surface area contributed by atoms with E-state index in [0.29, 0.717) is 19.3 Å². The molecule has 1 amide bonds. The number of rotatable bonds is 8. The second-order valence-corrected chi connectivity index (χ2v) is 23.6. The molecule has 23 atom stereocenters. The molecule has 18 nitrogen and oxygen atoms in total. The molecule has 0 unspecified atom stereocenters. The lowest BCUT2D eigenvalue weighted by Crippen LogP contribution is -2.68. The Balaban J connectivity index is 0.925. The molecule has 0 radical (unpaired) electrons. The molecule has 0 aromatic rings. The van der Waals surface area contributed by atoms with Gasteiger partial charge in [-0.3, -0.25) is 9.59 Å². The molecule has 0 aromatic heterocycles. The van der Waals surface area contributed by atoms with Crippen LogP contribution in [0.4, 0.5) is 0 Å². The third-order valence-corrected chi connectivity index (χ3v) is 19.4. The summed E-state index contributed by atoms with van der Waals surface area (Å²) in [5.41, 5.74) is -0.823. The number of carbonyl (C=O) groups is 2. The van der Waals surface area contributed by atoms with Gasteiger partial charge >= 0.3 is 5.97 Å². The fraction of sp³-hybridized carbons (Fsp3) is 0.917. The number of amides is 1. The normalized spacial score (nSPS) is 53.8. The van der Waals surface area contributed by atoms with Gasteiger partial charge < -0.3 is 79.3 Å². The fourth-order valence-electron chi connectivity index (χ4n) is 15.4. The Labute approximate surface area is 386 Å². The highest BCUT2D eigenvalue weighted by molar-refractivity contribution is 5.82. The van der Waals surface area contributed by atoms with Gasteiger partial charge in [0.25, 0.3) is 0 Å². The Morgan fingerprint density at radius 1 is 0.773 bits per heavy atom. The van der Waals surface area contributed by atoms with Crippen molar-refractivity contribution >= 4 is 11.9 Å². The molecule has 9 aliphatic rings. The van der Waals surface area contributed by atoms with Crippen molar-refractivity contribution in [2.45, 2.75) is 205 Å². The molecular weight excluding hydrogens is 863 g/mol. The van der Waals surface area contributed by atoms with Crippen LogP contribution in [0.25, 0.3) is 0 Å². The molecular formula is C48H75NO17. The number of aliphatic hydroxyl groups is 8. The highest BCUT2D eigenvalue weighted by Crippen LogP contribution is 2.76. The van der Waals surface area contributed by atoms with Crippen LogP contribution in [-0.2, 0) is 42.7 Å². The van der Waals surface area contributed by atoms with Crippen LogP contribution < -0.4 is 5.32 Å². The second kappa shape index (κ2) is 16.9. The van der Waals surface area contributed by atoms with Crippen molar-refractivity contribution in [3.63, 3.8) is 0 Å². The smallest absolute Gasteiger partial charge is 0.315 e. The standard InChI is InChI=1S/C48H75NO17/c1-21(50)49-32-36(57)35(56)26(20-62-41-38(34(55)25(52)19-61-41)66-40-37(58)33(54)24(51)18-60-40)63-39(32)64-30-12-13-45(6)27(44(30,4)5)11-14-46(7)28(45)10-9-22-23-15-43(2,3)31-17-48(23,42(59)65-31)29(53)16-47(22,46)8/h9,23-41,51-58H,10-20H2,1-8H3,(H,49,50)/t23-,24+,25-,26+,27-,28+,29+,30-,31-,32+,33-,34-,35+,36+,37+,38+,39-,40-,41+,45-,46+,47+,48+/m0/s1. The predicted molar refractivity (Wildman–Crippen MR) is 229 cm³/mol. The van der Waals surface area contributed by atoms with Gasteiger partial charge in [0.05, 0.1) is 32.0 Å². The summed E-state index contributed by atoms with van der Waals surface area (Å²) in [6.45, 7) is 16.1. The fourth-order valence-corrected chi connectivity index (χ4v) is 15.4. The first-order valence-electron chi connectivity index (χ1n) is 24.3. The molecule has 374 valence electrons. The van der Waals surface area contributed by atoms with Crippen LogP contribution in [0.5, 0.6) is 0 Å². The van der Waals surface area contributed by atoms with Gasteiger partial charge in [0, 0.05) is 18.8 Å². The Bertz CT molecular complexity index is 1900. The molecule has 4 heterocycles. The van der Waals surface area contributed by atoms with E-state index in [2.05, 4.69) is 59.9 Å². The first-order chi connectivity index (χ1) is 30.8. The van der Waals surface area contributed by atoms with E-state index in [1.807, 2.05) is 0 Å². The van der Waals surface area contributed by atoms with E-state index in [1.54, 1.807) is 0 Å². The minimum absolute atomic E-state index is 0.0769. The summed E-state index contributed by atoms with van der Waals surface area (Å²) < 4.78 is 42.1. The van der Waals surface area contributed by atoms with E-state index in [0.717, 1.165) is 32.1 Å². The summed E-state index contributed by atoms with van der Waals surface area (Å²) in [6.07, 6.45) is -10.7. The van der Waals surface area contributed by atoms with Gasteiger partial charge in [-0.15, -0.1) is 0 Å². The number of hydrogen-bond donors (Lipinski definition) is 9. The van der Waals surface area contributed by atoms with Gasteiger partial charge in [0.2, 0.25) is 5.91 Å². The first kappa shape index (κ1) is 49.1. The quantitative estimate of drug-likeness (QED) is 0.0914. The molecule has 0 aromatic carbocycles. The van der Waals surface area contributed by atoms with Crippen molar-refractivity contribution in [2.24, 2.45) is 50.2 Å². The number of ether oxygens (including phenoxy) is 7. The molecule has 18 heteroatoms. The molecule has 8 fully saturated rings. The third-order valence-electron chi connectivity index (χ3n) is 19.4. The topological polar surface area (TPSA) is 273 Å². The monoisotopic (exact) mass is 938 g/mol. The molecule has 4 saturated heterocycles. The number of aliphatic hydroxyl groups excluding tert-OH is 8. The zero-order chi connectivity index (χ0) is 47.8. The van der Waals surface area contributed by atoms with E-state index < -0.39 is 115 Å². The summed E-state index contributed by atoms with van der Waals surface area (Å²) >= 11 is 0. The summed E-state index contributed by atoms with van der Waals surface area (Å²) in [6, 6.07) is -1.15. The summed E-state index contributed by atoms with van der Waals surface area (Å²) in [7, 11) is 0. The van der Waals surface area contributed by atoms with Crippen LogP contribution in [0.3, 0.4) is 0 Å². The summed E-state index contributed by atoms with van der Waals surface area (Å²) in [5.74, 6) is -0.317. The van der Waals surface area contributed by atoms with Gasteiger partial charge in [0.1, 0.15) is 72.5 Å². The Morgan fingerprint density at radius 2 is 1.45 bits per heavy atom. The van der Waals surface area contributed by atoms with Crippen molar-refractivity contribution in [2.75, 3.05) is 19.8 Å². The predicted octanol–water partition coefficient (Wildman–Crippen LogP) is 0.550. The number of esters is 1. The maximum atomic E-state index is 13.7. The highest BCUT2D eigenvalue weighted by atomic mass is 16.8. The van der Waals surface area contributed by atoms with Crippen LogP contribution in [0.2, 0.25) is 0 Å². The maximum absolute atomic E-state index is 13.7. The van der Waals surface area contributed by atoms with Crippen LogP contribution in [0.15, 0.2) is 11.6 Å². The number of allylic oxidation sites excluding steroid dienone is 2. The second-order valence-electron chi connectivity index (χ2n) is 23.6. The van der Waals surface area contributed by atoms with Crippen molar-refractivity contribution in [1.82, 2.24) is 5.32 Å². The van der Waals surface area contributed by atoms with Crippen LogP contribution in [-0.4, -0.2) is 171 Å². The van der Waals surface area contributed by atoms with Crippen LogP contribution in [0, 0.1) is 50.2 Å². The van der Waals surface area contributed by atoms with Crippen molar-refractivity contribution < 1.29 is 83.6 Å². The van der Waals surface area contributed by atoms with E-state index in [-0.39, 0.29) is 64.7 Å². The van der Waals surface area contributed by atoms with E-state index in [1.165, 1.54) is 12.5 Å². The minimum atomic E-state index is -1.71. The summed E-state index contributed by atoms with van der Waals surface area (Å²) in [5, 5.41) is 89.8. The maximum Gasteiger partial charge on any atom is 0.315 e. The molecule has 9 N–H and O–H groups in total. The van der Waals surface area contributed by atoms with E-state index >= 15 is 0 Å². The lowest BCUT2D eigenvalue weighted by Gasteiger charge is -2.71. The molecule has 9 rings (SSSR count). The Hall–Kier alpha value is -1.88. The van der Waals surface area contributed by atoms with E-state index in [9.17, 15) is 50.4 Å². The molecule has 4 aliphatic heterocycles. The van der Waals surface area contributed by atoms with E-state index in [4.69, 9.17) is 33.2 Å². The Morgan fingerprint density at radius 3 is 2.15 bits per heavy atom. The third kappa shape index (κ3) is 7.31. The average Bonchev–Trinajstić information content (AvgIpc) is 3.57. The van der Waals surface area contributed by atoms with Crippen LogP contribution in [0.1, 0.15) is 107 Å². The first-order valence-corrected chi connectivity index (χ1v) is 24.3. The minimum Gasteiger partial charge on any atom is -0.461 e. The number of hydrogen-bond acceptors (Lipinski definition) is 17. The van der Waals surface area contributed by atoms with Crippen molar-refractivity contribution in [3.05, 3.63) is 11.6 Å². The lowest BCUT2D eigenvalue weighted by atomic mass is 9.33. The van der Waals surface area contributed by atoms with Gasteiger partial charge in [-0.1, -0.05) is 60.1 Å². The number of fused-ring (bicyclic) bond motifs is 7. The molecule has 1 spiro atoms. The molecule has 4 saturated carbocycles. The number of carbonyl (C=O) groups excluding carboxylic acids is 2. The number of nitrogens with one attached hydrogen (secondary N) is 1. The zero-order valence-electron chi connectivity index (χ0n) is 39.6. The highest BCUT2D eigenvalue weighted by Gasteiger charge is 2.74. The molecule has 2 bridgehead atoms. The Kier molecular flexibility index (Phi) is 12.6. The van der Waals surface area contributed by atoms with Crippen LogP contribution >= 0.6 is 0 Å². The van der Waals surface area contributed by atoms with Gasteiger partial charge in [0.15, 0.2) is 18.9 Å². The van der Waals surface area contributed by atoms with Gasteiger partial charge in [-0.05, 0) is 84.4 Å². The summed E-state index contributed by atoms with van der Waals surface area (Å²) in [4.78, 5) is 26.3. The van der Waals surface area contributed by atoms with Gasteiger partial charge in [-0.2, -0.15) is 0 Å². The molecule has 66 heavy (non-hydrogen) atoms. The van der Waals surface area contributed by atoms with Crippen molar-refractivity contribution in [1.29, 1.82) is 0 Å².